The minimum Gasteiger partial charge on any atom is -0.359 e. The van der Waals surface area contributed by atoms with Crippen LogP contribution in [-0.4, -0.2) is 37.8 Å². The van der Waals surface area contributed by atoms with Crippen LogP contribution in [0.1, 0.15) is 31.7 Å². The van der Waals surface area contributed by atoms with Crippen molar-refractivity contribution in [2.45, 2.75) is 26.2 Å². The van der Waals surface area contributed by atoms with Crippen molar-refractivity contribution in [2.75, 3.05) is 25.0 Å². The van der Waals surface area contributed by atoms with Crippen LogP contribution in [0.2, 0.25) is 0 Å². The average molecular weight is 364 g/mol. The third-order valence-corrected chi connectivity index (χ3v) is 3.77. The number of carbonyl (C=O) groups excluding carboxylic acids is 1. The lowest BCUT2D eigenvalue weighted by molar-refractivity contribution is -0.109. The molecule has 0 saturated heterocycles. The Morgan fingerprint density at radius 1 is 1.41 bits per heavy atom. The molecule has 140 valence electrons. The molecule has 1 aromatic carbocycles. The molecular formula is C20H24N6O. The van der Waals surface area contributed by atoms with Crippen LogP contribution in [0, 0.1) is 29.1 Å². The second kappa shape index (κ2) is 11.3. The number of benzene rings is 1. The van der Waals surface area contributed by atoms with E-state index in [0.717, 1.165) is 37.3 Å². The van der Waals surface area contributed by atoms with Crippen LogP contribution in [0.15, 0.2) is 34.3 Å². The van der Waals surface area contributed by atoms with Crippen molar-refractivity contribution >= 4 is 23.9 Å². The zero-order chi connectivity index (χ0) is 19.3. The number of amides is 1. The monoisotopic (exact) mass is 364 g/mol. The molecule has 0 aromatic heterocycles. The zero-order valence-electron chi connectivity index (χ0n) is 15.5. The van der Waals surface area contributed by atoms with Gasteiger partial charge in [0.1, 0.15) is 5.84 Å². The van der Waals surface area contributed by atoms with Crippen LogP contribution in [0.3, 0.4) is 0 Å². The van der Waals surface area contributed by atoms with E-state index in [9.17, 15) is 4.79 Å². The first-order chi connectivity index (χ1) is 13.3. The Balaban J connectivity index is 2.00. The number of nitrogens with zero attached hydrogens (tertiary/aromatic N) is 3. The summed E-state index contributed by atoms with van der Waals surface area (Å²) in [6, 6.07) is 9.29. The third kappa shape index (κ3) is 6.83. The molecule has 0 saturated carbocycles. The Morgan fingerprint density at radius 3 is 2.93 bits per heavy atom. The summed E-state index contributed by atoms with van der Waals surface area (Å²) in [7, 11) is 0. The summed E-state index contributed by atoms with van der Waals surface area (Å²) in [5, 5.41) is 17.9. The molecule has 0 bridgehead atoms. The highest BCUT2D eigenvalue weighted by Crippen LogP contribution is 2.11. The minimum absolute atomic E-state index is 0.0536. The van der Waals surface area contributed by atoms with Crippen molar-refractivity contribution in [3.05, 3.63) is 29.8 Å². The SMILES string of the molecule is CCCN=C1NC(Nc2ccc(C#N)cc2)=NCC1C#CCCCNC=O. The second-order valence-electron chi connectivity index (χ2n) is 5.94. The molecule has 2 rings (SSSR count). The van der Waals surface area contributed by atoms with Gasteiger partial charge in [-0.3, -0.25) is 14.8 Å². The number of guanidine groups is 1. The molecule has 0 spiro atoms. The molecule has 1 unspecified atom stereocenters. The molecular weight excluding hydrogens is 340 g/mol. The van der Waals surface area contributed by atoms with Gasteiger partial charge in [-0.1, -0.05) is 12.8 Å². The van der Waals surface area contributed by atoms with Gasteiger partial charge < -0.3 is 16.0 Å². The maximum Gasteiger partial charge on any atom is 0.207 e. The van der Waals surface area contributed by atoms with E-state index in [1.54, 1.807) is 12.1 Å². The van der Waals surface area contributed by atoms with Crippen LogP contribution in [0.5, 0.6) is 0 Å². The summed E-state index contributed by atoms with van der Waals surface area (Å²) in [5.41, 5.74) is 1.46. The molecule has 7 nitrogen and oxygen atoms in total. The number of amidine groups is 1. The van der Waals surface area contributed by atoms with Crippen molar-refractivity contribution in [3.63, 3.8) is 0 Å². The highest BCUT2D eigenvalue weighted by Gasteiger charge is 2.20. The van der Waals surface area contributed by atoms with E-state index in [1.165, 1.54) is 0 Å². The molecule has 27 heavy (non-hydrogen) atoms. The Hall–Kier alpha value is -3.32. The molecule has 3 N–H and O–H groups in total. The van der Waals surface area contributed by atoms with Gasteiger partial charge in [-0.05, 0) is 37.1 Å². The van der Waals surface area contributed by atoms with Gasteiger partial charge in [-0.25, -0.2) is 0 Å². The van der Waals surface area contributed by atoms with Crippen LogP contribution in [0.25, 0.3) is 0 Å². The predicted octanol–water partition coefficient (Wildman–Crippen LogP) is 1.88. The summed E-state index contributed by atoms with van der Waals surface area (Å²) in [4.78, 5) is 19.4. The number of hydrogen-bond donors (Lipinski definition) is 3. The first kappa shape index (κ1) is 20.0. The number of aliphatic imine (C=N–C) groups is 2. The first-order valence-corrected chi connectivity index (χ1v) is 9.05. The first-order valence-electron chi connectivity index (χ1n) is 9.05. The Morgan fingerprint density at radius 2 is 2.22 bits per heavy atom. The van der Waals surface area contributed by atoms with E-state index in [0.29, 0.717) is 31.0 Å². The summed E-state index contributed by atoms with van der Waals surface area (Å²) < 4.78 is 0. The summed E-state index contributed by atoms with van der Waals surface area (Å²) >= 11 is 0. The number of nitrogens with one attached hydrogen (secondary N) is 3. The largest absolute Gasteiger partial charge is 0.359 e. The topological polar surface area (TPSA) is 102 Å². The lowest BCUT2D eigenvalue weighted by atomic mass is 10.1. The van der Waals surface area contributed by atoms with E-state index in [1.807, 2.05) is 12.1 Å². The summed E-state index contributed by atoms with van der Waals surface area (Å²) in [5.74, 6) is 7.77. The lowest BCUT2D eigenvalue weighted by Crippen LogP contribution is -2.44. The van der Waals surface area contributed by atoms with Gasteiger partial charge in [0.2, 0.25) is 12.4 Å². The maximum atomic E-state index is 10.2. The second-order valence-corrected chi connectivity index (χ2v) is 5.94. The Labute approximate surface area is 160 Å². The lowest BCUT2D eigenvalue weighted by Gasteiger charge is -2.22. The highest BCUT2D eigenvalue weighted by molar-refractivity contribution is 6.09. The number of carbonyl (C=O) groups is 1. The molecule has 7 heteroatoms. The minimum atomic E-state index is -0.0536. The van der Waals surface area contributed by atoms with E-state index in [4.69, 9.17) is 5.26 Å². The van der Waals surface area contributed by atoms with Crippen molar-refractivity contribution in [2.24, 2.45) is 15.9 Å². The molecule has 1 aliphatic heterocycles. The molecule has 1 heterocycles. The van der Waals surface area contributed by atoms with Crippen LogP contribution >= 0.6 is 0 Å². The summed E-state index contributed by atoms with van der Waals surface area (Å²) in [6.07, 6.45) is 3.20. The van der Waals surface area contributed by atoms with E-state index < -0.39 is 0 Å². The standard InChI is InChI=1S/C20H24N6O/c1-2-11-23-19-17(6-4-3-5-12-22-15-27)14-24-20(26-19)25-18-9-7-16(13-21)8-10-18/h7-10,15,17H,2-3,5,11-12,14H2,1H3,(H,22,27)(H2,23,24,25,26). The van der Waals surface area contributed by atoms with E-state index in [2.05, 4.69) is 50.8 Å². The number of rotatable bonds is 7. The van der Waals surface area contributed by atoms with Crippen molar-refractivity contribution < 1.29 is 4.79 Å². The number of hydrogen-bond acceptors (Lipinski definition) is 5. The fourth-order valence-electron chi connectivity index (χ4n) is 2.38. The van der Waals surface area contributed by atoms with Gasteiger partial charge >= 0.3 is 0 Å². The zero-order valence-corrected chi connectivity index (χ0v) is 15.5. The molecule has 0 fully saturated rings. The predicted molar refractivity (Wildman–Crippen MR) is 107 cm³/mol. The van der Waals surface area contributed by atoms with Crippen LogP contribution < -0.4 is 16.0 Å². The Bertz CT molecular complexity index is 779. The number of nitriles is 1. The van der Waals surface area contributed by atoms with Gasteiger partial charge in [0.15, 0.2) is 0 Å². The van der Waals surface area contributed by atoms with Gasteiger partial charge in [-0.2, -0.15) is 5.26 Å². The van der Waals surface area contributed by atoms with Gasteiger partial charge in [0, 0.05) is 25.2 Å². The summed E-state index contributed by atoms with van der Waals surface area (Å²) in [6.45, 7) is 3.98. The quantitative estimate of drug-likeness (QED) is 0.391. The fourth-order valence-corrected chi connectivity index (χ4v) is 2.38. The van der Waals surface area contributed by atoms with Gasteiger partial charge in [0.05, 0.1) is 24.1 Å². The molecule has 1 atom stereocenters. The van der Waals surface area contributed by atoms with Crippen molar-refractivity contribution in [3.8, 4) is 17.9 Å². The average Bonchev–Trinajstić information content (AvgIpc) is 2.70. The maximum absolute atomic E-state index is 10.2. The smallest absolute Gasteiger partial charge is 0.207 e. The van der Waals surface area contributed by atoms with E-state index >= 15 is 0 Å². The molecule has 0 aliphatic carbocycles. The molecule has 0 radical (unpaired) electrons. The van der Waals surface area contributed by atoms with Crippen LogP contribution in [-0.2, 0) is 4.79 Å². The Kier molecular flexibility index (Phi) is 8.39. The number of anilines is 1. The fraction of sp³-hybridized carbons (Fsp3) is 0.400. The van der Waals surface area contributed by atoms with Crippen LogP contribution in [0.4, 0.5) is 5.69 Å². The molecule has 1 amide bonds. The van der Waals surface area contributed by atoms with Crippen molar-refractivity contribution in [1.82, 2.24) is 10.6 Å². The van der Waals surface area contributed by atoms with Gasteiger partial charge in [-0.15, -0.1) is 5.92 Å². The van der Waals surface area contributed by atoms with Crippen molar-refractivity contribution in [1.29, 1.82) is 5.26 Å². The normalized spacial score (nSPS) is 17.0. The number of unbranched alkanes of at least 4 members (excludes halogenated alkanes) is 1. The molecule has 1 aliphatic rings. The highest BCUT2D eigenvalue weighted by atomic mass is 16.1. The molecule has 1 aromatic rings. The third-order valence-electron chi connectivity index (χ3n) is 3.77. The van der Waals surface area contributed by atoms with E-state index in [-0.39, 0.29) is 5.92 Å². The van der Waals surface area contributed by atoms with Gasteiger partial charge in [0.25, 0.3) is 0 Å².